The van der Waals surface area contributed by atoms with E-state index in [-0.39, 0.29) is 12.0 Å². The van der Waals surface area contributed by atoms with Crippen LogP contribution < -0.4 is 5.32 Å². The van der Waals surface area contributed by atoms with Crippen molar-refractivity contribution < 1.29 is 9.84 Å². The summed E-state index contributed by atoms with van der Waals surface area (Å²) in [5.74, 6) is 0.883. The fourth-order valence-corrected chi connectivity index (χ4v) is 3.27. The van der Waals surface area contributed by atoms with Crippen molar-refractivity contribution >= 4 is 11.5 Å². The molecule has 2 aromatic heterocycles. The Morgan fingerprint density at radius 3 is 2.72 bits per heavy atom. The minimum absolute atomic E-state index is 0.145. The third-order valence-electron chi connectivity index (χ3n) is 4.96. The highest BCUT2D eigenvalue weighted by Crippen LogP contribution is 2.31. The van der Waals surface area contributed by atoms with Crippen LogP contribution in [-0.4, -0.2) is 46.1 Å². The van der Waals surface area contributed by atoms with E-state index in [4.69, 9.17) is 4.74 Å². The molecule has 0 unspecified atom stereocenters. The smallest absolute Gasteiger partial charge is 0.157 e. The molecule has 0 aliphatic carbocycles. The molecule has 1 aliphatic heterocycles. The molecule has 25 heavy (non-hydrogen) atoms. The van der Waals surface area contributed by atoms with Crippen molar-refractivity contribution in [2.24, 2.45) is 5.41 Å². The number of benzene rings is 1. The van der Waals surface area contributed by atoms with Gasteiger partial charge >= 0.3 is 0 Å². The average molecular weight is 338 g/mol. The van der Waals surface area contributed by atoms with Gasteiger partial charge in [-0.05, 0) is 12.8 Å². The number of hydrogen-bond donors (Lipinski definition) is 2. The summed E-state index contributed by atoms with van der Waals surface area (Å²) in [6.07, 6.45) is 3.46. The Labute approximate surface area is 146 Å². The van der Waals surface area contributed by atoms with Crippen LogP contribution in [0.1, 0.15) is 12.8 Å². The third kappa shape index (κ3) is 3.23. The molecule has 130 valence electrons. The first-order valence-electron chi connectivity index (χ1n) is 8.62. The summed E-state index contributed by atoms with van der Waals surface area (Å²) >= 11 is 0. The topological polar surface area (TPSA) is 71.7 Å². The van der Waals surface area contributed by atoms with E-state index in [1.54, 1.807) is 10.7 Å². The van der Waals surface area contributed by atoms with Crippen LogP contribution in [0.2, 0.25) is 0 Å². The quantitative estimate of drug-likeness (QED) is 0.748. The Morgan fingerprint density at radius 1 is 1.16 bits per heavy atom. The first-order chi connectivity index (χ1) is 12.3. The lowest BCUT2D eigenvalue weighted by Crippen LogP contribution is -2.39. The molecule has 1 saturated heterocycles. The fourth-order valence-electron chi connectivity index (χ4n) is 3.27. The summed E-state index contributed by atoms with van der Waals surface area (Å²) in [6, 6.07) is 14.0. The highest BCUT2D eigenvalue weighted by atomic mass is 16.5. The molecule has 6 nitrogen and oxygen atoms in total. The summed E-state index contributed by atoms with van der Waals surface area (Å²) < 4.78 is 7.25. The van der Waals surface area contributed by atoms with E-state index in [9.17, 15) is 5.11 Å². The summed E-state index contributed by atoms with van der Waals surface area (Å²) in [7, 11) is 0. The second-order valence-corrected chi connectivity index (χ2v) is 6.62. The second-order valence-electron chi connectivity index (χ2n) is 6.62. The molecular formula is C19H22N4O2. The average Bonchev–Trinajstić information content (AvgIpc) is 3.16. The zero-order chi connectivity index (χ0) is 17.1. The van der Waals surface area contributed by atoms with Gasteiger partial charge in [0, 0.05) is 42.9 Å². The van der Waals surface area contributed by atoms with Crippen LogP contribution in [0.5, 0.6) is 0 Å². The van der Waals surface area contributed by atoms with Crippen LogP contribution >= 0.6 is 0 Å². The van der Waals surface area contributed by atoms with Crippen molar-refractivity contribution in [2.75, 3.05) is 31.7 Å². The highest BCUT2D eigenvalue weighted by molar-refractivity contribution is 5.66. The van der Waals surface area contributed by atoms with Gasteiger partial charge in [0.25, 0.3) is 0 Å². The zero-order valence-electron chi connectivity index (χ0n) is 14.1. The summed E-state index contributed by atoms with van der Waals surface area (Å²) in [4.78, 5) is 4.69. The van der Waals surface area contributed by atoms with Crippen LogP contribution in [0, 0.1) is 5.41 Å². The maximum Gasteiger partial charge on any atom is 0.157 e. The van der Waals surface area contributed by atoms with Gasteiger partial charge in [-0.25, -0.2) is 4.98 Å². The first kappa shape index (κ1) is 16.1. The molecule has 4 rings (SSSR count). The van der Waals surface area contributed by atoms with Gasteiger partial charge in [-0.15, -0.1) is 0 Å². The first-order valence-corrected chi connectivity index (χ1v) is 8.62. The Morgan fingerprint density at radius 2 is 1.96 bits per heavy atom. The number of anilines is 1. The van der Waals surface area contributed by atoms with Crippen molar-refractivity contribution in [2.45, 2.75) is 12.8 Å². The number of fused-ring (bicyclic) bond motifs is 1. The number of aromatic nitrogens is 3. The predicted octanol–water partition coefficient (Wildman–Crippen LogP) is 2.60. The van der Waals surface area contributed by atoms with Crippen LogP contribution in [0.3, 0.4) is 0 Å². The molecule has 1 fully saturated rings. The largest absolute Gasteiger partial charge is 0.396 e. The molecule has 6 heteroatoms. The lowest BCUT2D eigenvalue weighted by molar-refractivity contribution is -0.00863. The van der Waals surface area contributed by atoms with Gasteiger partial charge in [-0.2, -0.15) is 9.61 Å². The van der Waals surface area contributed by atoms with Gasteiger partial charge in [0.1, 0.15) is 5.82 Å². The van der Waals surface area contributed by atoms with E-state index < -0.39 is 0 Å². The Hall–Kier alpha value is -2.44. The van der Waals surface area contributed by atoms with Crippen LogP contribution in [0.4, 0.5) is 5.82 Å². The number of ether oxygens (including phenoxy) is 1. The molecule has 3 aromatic rings. The van der Waals surface area contributed by atoms with Gasteiger partial charge in [-0.1, -0.05) is 30.3 Å². The molecular weight excluding hydrogens is 316 g/mol. The molecule has 2 N–H and O–H groups in total. The maximum absolute atomic E-state index is 9.90. The van der Waals surface area contributed by atoms with E-state index in [1.165, 1.54) is 0 Å². The van der Waals surface area contributed by atoms with E-state index >= 15 is 0 Å². The maximum atomic E-state index is 9.90. The van der Waals surface area contributed by atoms with E-state index in [1.807, 2.05) is 42.5 Å². The van der Waals surface area contributed by atoms with E-state index in [2.05, 4.69) is 15.4 Å². The second kappa shape index (κ2) is 6.82. The minimum Gasteiger partial charge on any atom is -0.396 e. The number of hydrogen-bond acceptors (Lipinski definition) is 5. The van der Waals surface area contributed by atoms with Crippen molar-refractivity contribution in [3.8, 4) is 11.3 Å². The Balaban J connectivity index is 1.65. The van der Waals surface area contributed by atoms with Crippen molar-refractivity contribution in [1.82, 2.24) is 14.6 Å². The van der Waals surface area contributed by atoms with Crippen molar-refractivity contribution in [1.29, 1.82) is 0 Å². The van der Waals surface area contributed by atoms with Gasteiger partial charge in [0.05, 0.1) is 18.5 Å². The lowest BCUT2D eigenvalue weighted by atomic mass is 9.81. The van der Waals surface area contributed by atoms with Crippen molar-refractivity contribution in [3.63, 3.8) is 0 Å². The third-order valence-corrected chi connectivity index (χ3v) is 4.96. The lowest BCUT2D eigenvalue weighted by Gasteiger charge is -2.35. The molecule has 0 radical (unpaired) electrons. The number of rotatable bonds is 5. The number of aliphatic hydroxyl groups excluding tert-OH is 1. The fraction of sp³-hybridized carbons (Fsp3) is 0.368. The monoisotopic (exact) mass is 338 g/mol. The predicted molar refractivity (Wildman–Crippen MR) is 96.5 cm³/mol. The molecule has 3 heterocycles. The Bertz CT molecular complexity index is 841. The van der Waals surface area contributed by atoms with Gasteiger partial charge < -0.3 is 15.2 Å². The van der Waals surface area contributed by atoms with Crippen LogP contribution in [-0.2, 0) is 4.74 Å². The van der Waals surface area contributed by atoms with E-state index in [0.717, 1.165) is 35.6 Å². The number of nitrogens with zero attached hydrogens (tertiary/aromatic N) is 3. The zero-order valence-corrected chi connectivity index (χ0v) is 14.1. The van der Waals surface area contributed by atoms with Crippen LogP contribution in [0.25, 0.3) is 16.9 Å². The molecule has 0 saturated carbocycles. The molecule has 1 aliphatic rings. The summed E-state index contributed by atoms with van der Waals surface area (Å²) in [5, 5.41) is 17.8. The van der Waals surface area contributed by atoms with Gasteiger partial charge in [-0.3, -0.25) is 0 Å². The molecule has 1 aromatic carbocycles. The molecule has 0 spiro atoms. The highest BCUT2D eigenvalue weighted by Gasteiger charge is 2.32. The minimum atomic E-state index is -0.145. The molecule has 0 amide bonds. The van der Waals surface area contributed by atoms with E-state index in [0.29, 0.717) is 19.8 Å². The normalized spacial score (nSPS) is 16.8. The number of nitrogens with one attached hydrogen (secondary N) is 1. The van der Waals surface area contributed by atoms with Crippen LogP contribution in [0.15, 0.2) is 48.7 Å². The molecule has 0 atom stereocenters. The van der Waals surface area contributed by atoms with Gasteiger partial charge in [0.2, 0.25) is 0 Å². The molecule has 0 bridgehead atoms. The number of aliphatic hydroxyl groups is 1. The van der Waals surface area contributed by atoms with Gasteiger partial charge in [0.15, 0.2) is 5.65 Å². The summed E-state index contributed by atoms with van der Waals surface area (Å²) in [5.41, 5.74) is 2.63. The van der Waals surface area contributed by atoms with Crippen molar-refractivity contribution in [3.05, 3.63) is 48.7 Å². The SMILES string of the molecule is OCC1(CNc2cc(-c3ccccc3)nc3ccnn23)CCOCC1. The Kier molecular flexibility index (Phi) is 4.38. The summed E-state index contributed by atoms with van der Waals surface area (Å²) in [6.45, 7) is 2.23. The standard InChI is InChI=1S/C19H22N4O2/c24-14-19(7-10-25-11-8-19)13-20-18-12-16(15-4-2-1-3-5-15)22-17-6-9-21-23(17)18/h1-6,9,12,20,24H,7-8,10-11,13-14H2.